The first-order chi connectivity index (χ1) is 5.11. The number of carbonyl (C=O) groups is 2. The van der Waals surface area contributed by atoms with E-state index in [1.807, 2.05) is 0 Å². The van der Waals surface area contributed by atoms with Crippen molar-refractivity contribution in [3.05, 3.63) is 0 Å². The summed E-state index contributed by atoms with van der Waals surface area (Å²) in [4.78, 5) is 21.1. The van der Waals surface area contributed by atoms with Crippen LogP contribution < -0.4 is 5.32 Å². The van der Waals surface area contributed by atoms with Gasteiger partial charge in [0.2, 0.25) is 0 Å². The van der Waals surface area contributed by atoms with E-state index in [4.69, 9.17) is 10.2 Å². The number of ketones is 1. The van der Waals surface area contributed by atoms with Gasteiger partial charge in [-0.25, -0.2) is 0 Å². The molecule has 0 radical (unpaired) electrons. The number of carbonyl (C=O) groups excluding carboxylic acids is 1. The van der Waals surface area contributed by atoms with Crippen molar-refractivity contribution in [3.8, 4) is 0 Å². The molecule has 1 unspecified atom stereocenters. The standard InChI is InChI=1S/C6H9NO4/c8-4-1-3(6(10)11)7-2-5(4)9/h3,5,7,9H,1-2H2,(H,10,11)/t3-,5?/m0/s1. The summed E-state index contributed by atoms with van der Waals surface area (Å²) in [5, 5.41) is 19.8. The Hall–Kier alpha value is -0.940. The topological polar surface area (TPSA) is 86.6 Å². The molecule has 0 amide bonds. The lowest BCUT2D eigenvalue weighted by atomic mass is 10.0. The predicted octanol–water partition coefficient (Wildman–Crippen LogP) is -1.64. The Labute approximate surface area is 63.0 Å². The lowest BCUT2D eigenvalue weighted by Gasteiger charge is -2.22. The number of aliphatic hydroxyl groups excluding tert-OH is 1. The molecule has 62 valence electrons. The summed E-state index contributed by atoms with van der Waals surface area (Å²) in [6.07, 6.45) is -1.16. The Morgan fingerprint density at radius 3 is 2.73 bits per heavy atom. The molecule has 1 rings (SSSR count). The monoisotopic (exact) mass is 159 g/mol. The Morgan fingerprint density at radius 2 is 2.27 bits per heavy atom. The van der Waals surface area contributed by atoms with E-state index in [2.05, 4.69) is 5.32 Å². The highest BCUT2D eigenvalue weighted by molar-refractivity contribution is 5.89. The van der Waals surface area contributed by atoms with E-state index in [9.17, 15) is 9.59 Å². The van der Waals surface area contributed by atoms with Crippen molar-refractivity contribution < 1.29 is 19.8 Å². The molecule has 1 heterocycles. The van der Waals surface area contributed by atoms with Crippen molar-refractivity contribution in [1.29, 1.82) is 0 Å². The molecule has 1 aliphatic rings. The fourth-order valence-corrected chi connectivity index (χ4v) is 0.952. The van der Waals surface area contributed by atoms with Crippen LogP contribution in [0.5, 0.6) is 0 Å². The zero-order valence-corrected chi connectivity index (χ0v) is 5.78. The highest BCUT2D eigenvalue weighted by Gasteiger charge is 2.30. The van der Waals surface area contributed by atoms with Gasteiger partial charge in [0.05, 0.1) is 0 Å². The fourth-order valence-electron chi connectivity index (χ4n) is 0.952. The van der Waals surface area contributed by atoms with Crippen molar-refractivity contribution in [2.24, 2.45) is 0 Å². The van der Waals surface area contributed by atoms with Crippen molar-refractivity contribution in [3.63, 3.8) is 0 Å². The smallest absolute Gasteiger partial charge is 0.321 e. The molecule has 0 aromatic heterocycles. The molecule has 3 N–H and O–H groups in total. The van der Waals surface area contributed by atoms with Gasteiger partial charge < -0.3 is 15.5 Å². The van der Waals surface area contributed by atoms with Crippen LogP contribution in [-0.2, 0) is 9.59 Å². The third-order valence-corrected chi connectivity index (χ3v) is 1.63. The summed E-state index contributed by atoms with van der Waals surface area (Å²) in [7, 11) is 0. The number of nitrogens with one attached hydrogen (secondary N) is 1. The minimum absolute atomic E-state index is 0.0375. The number of carboxylic acids is 1. The Bertz CT molecular complexity index is 191. The van der Waals surface area contributed by atoms with Crippen LogP contribution in [0.3, 0.4) is 0 Å². The minimum Gasteiger partial charge on any atom is -0.480 e. The summed E-state index contributed by atoms with van der Waals surface area (Å²) >= 11 is 0. The number of hydrogen-bond donors (Lipinski definition) is 3. The zero-order valence-electron chi connectivity index (χ0n) is 5.78. The van der Waals surface area contributed by atoms with E-state index in [0.29, 0.717) is 0 Å². The number of carboxylic acid groups (broad SMARTS) is 1. The molecule has 0 bridgehead atoms. The molecule has 0 saturated carbocycles. The first-order valence-corrected chi connectivity index (χ1v) is 3.28. The van der Waals surface area contributed by atoms with Gasteiger partial charge in [-0.05, 0) is 0 Å². The lowest BCUT2D eigenvalue weighted by Crippen LogP contribution is -2.50. The summed E-state index contributed by atoms with van der Waals surface area (Å²) < 4.78 is 0. The Morgan fingerprint density at radius 1 is 1.64 bits per heavy atom. The van der Waals surface area contributed by atoms with Gasteiger partial charge in [-0.3, -0.25) is 9.59 Å². The number of Topliss-reactive ketones (excluding diaryl/α,β-unsaturated/α-hetero) is 1. The first kappa shape index (κ1) is 8.16. The molecule has 5 nitrogen and oxygen atoms in total. The van der Waals surface area contributed by atoms with E-state index in [1.165, 1.54) is 0 Å². The second kappa shape index (κ2) is 2.98. The van der Waals surface area contributed by atoms with E-state index in [-0.39, 0.29) is 13.0 Å². The van der Waals surface area contributed by atoms with Crippen LogP contribution in [0, 0.1) is 0 Å². The maximum Gasteiger partial charge on any atom is 0.321 e. The predicted molar refractivity (Wildman–Crippen MR) is 35.1 cm³/mol. The molecule has 0 aromatic rings. The molecule has 11 heavy (non-hydrogen) atoms. The van der Waals surface area contributed by atoms with Gasteiger partial charge in [0.15, 0.2) is 5.78 Å². The summed E-state index contributed by atoms with van der Waals surface area (Å²) in [5.74, 6) is -1.46. The molecule has 1 fully saturated rings. The first-order valence-electron chi connectivity index (χ1n) is 3.28. The molecule has 1 saturated heterocycles. The molecular formula is C6H9NO4. The van der Waals surface area contributed by atoms with Gasteiger partial charge in [0, 0.05) is 13.0 Å². The van der Waals surface area contributed by atoms with Crippen molar-refractivity contribution >= 4 is 11.8 Å². The third-order valence-electron chi connectivity index (χ3n) is 1.63. The van der Waals surface area contributed by atoms with Crippen molar-refractivity contribution in [1.82, 2.24) is 5.32 Å². The number of piperidine rings is 1. The Kier molecular flexibility index (Phi) is 2.21. The number of rotatable bonds is 1. The van der Waals surface area contributed by atoms with E-state index in [1.54, 1.807) is 0 Å². The highest BCUT2D eigenvalue weighted by Crippen LogP contribution is 2.03. The zero-order chi connectivity index (χ0) is 8.43. The summed E-state index contributed by atoms with van der Waals surface area (Å²) in [6.45, 7) is 0.0375. The third kappa shape index (κ3) is 1.75. The van der Waals surface area contributed by atoms with E-state index in [0.717, 1.165) is 0 Å². The van der Waals surface area contributed by atoms with Crippen LogP contribution in [0.4, 0.5) is 0 Å². The van der Waals surface area contributed by atoms with Gasteiger partial charge in [0.1, 0.15) is 12.1 Å². The van der Waals surface area contributed by atoms with Gasteiger partial charge >= 0.3 is 5.97 Å². The van der Waals surface area contributed by atoms with Crippen molar-refractivity contribution in [2.75, 3.05) is 6.54 Å². The maximum absolute atomic E-state index is 10.8. The van der Waals surface area contributed by atoms with Gasteiger partial charge in [0.25, 0.3) is 0 Å². The molecule has 0 spiro atoms. The summed E-state index contributed by atoms with van der Waals surface area (Å²) in [5.41, 5.74) is 0. The maximum atomic E-state index is 10.8. The van der Waals surface area contributed by atoms with Gasteiger partial charge in [-0.15, -0.1) is 0 Å². The van der Waals surface area contributed by atoms with Crippen LogP contribution in [0.25, 0.3) is 0 Å². The van der Waals surface area contributed by atoms with Gasteiger partial charge in [-0.2, -0.15) is 0 Å². The lowest BCUT2D eigenvalue weighted by molar-refractivity contribution is -0.144. The fraction of sp³-hybridized carbons (Fsp3) is 0.667. The molecule has 5 heteroatoms. The van der Waals surface area contributed by atoms with Crippen LogP contribution in [-0.4, -0.2) is 40.7 Å². The molecule has 1 aliphatic heterocycles. The van der Waals surface area contributed by atoms with Crippen LogP contribution in [0.1, 0.15) is 6.42 Å². The van der Waals surface area contributed by atoms with Crippen LogP contribution in [0.15, 0.2) is 0 Å². The SMILES string of the molecule is O=C1C[C@@H](C(=O)O)NCC1O. The molecule has 0 aromatic carbocycles. The number of hydrogen-bond acceptors (Lipinski definition) is 4. The van der Waals surface area contributed by atoms with Gasteiger partial charge in [-0.1, -0.05) is 0 Å². The molecular weight excluding hydrogens is 150 g/mol. The molecule has 2 atom stereocenters. The average molecular weight is 159 g/mol. The second-order valence-electron chi connectivity index (χ2n) is 2.49. The second-order valence-corrected chi connectivity index (χ2v) is 2.49. The summed E-state index contributed by atoms with van der Waals surface area (Å²) in [6, 6.07) is -0.828. The highest BCUT2D eigenvalue weighted by atomic mass is 16.4. The van der Waals surface area contributed by atoms with Crippen LogP contribution >= 0.6 is 0 Å². The number of aliphatic carboxylic acids is 1. The average Bonchev–Trinajstić information content (AvgIpc) is 1.94. The molecule has 0 aliphatic carbocycles. The van der Waals surface area contributed by atoms with E-state index < -0.39 is 23.9 Å². The Balaban J connectivity index is 2.53. The minimum atomic E-state index is -1.05. The number of aliphatic hydroxyl groups is 1. The van der Waals surface area contributed by atoms with E-state index >= 15 is 0 Å². The quantitative estimate of drug-likeness (QED) is 0.427. The normalized spacial score (nSPS) is 31.9. The van der Waals surface area contributed by atoms with Crippen LogP contribution in [0.2, 0.25) is 0 Å². The van der Waals surface area contributed by atoms with Crippen molar-refractivity contribution in [2.45, 2.75) is 18.6 Å². The number of β-amino-alcohol motifs (C(OH)–C–C–N with tert-alkyl or cyclic N) is 1. The largest absolute Gasteiger partial charge is 0.480 e.